The number of hydrogen-bond acceptors (Lipinski definition) is 4. The number of carbonyl (C=O) groups is 1. The van der Waals surface area contributed by atoms with Crippen molar-refractivity contribution in [2.24, 2.45) is 0 Å². The van der Waals surface area contributed by atoms with E-state index in [1.54, 1.807) is 36.6 Å². The zero-order valence-electron chi connectivity index (χ0n) is 10.3. The fraction of sp³-hybridized carbons (Fsp3) is 0.200. The Hall–Kier alpha value is -2.54. The second-order valence-corrected chi connectivity index (χ2v) is 4.05. The number of esters is 1. The lowest BCUT2D eigenvalue weighted by molar-refractivity contribution is -0.145. The van der Waals surface area contributed by atoms with E-state index in [0.717, 1.165) is 11.3 Å². The highest BCUT2D eigenvalue weighted by atomic mass is 16.5. The molecule has 1 aromatic carbocycles. The Morgan fingerprint density at radius 3 is 2.68 bits per heavy atom. The first-order valence-corrected chi connectivity index (χ1v) is 5.95. The number of hydrogen-bond donors (Lipinski definition) is 0. The smallest absolute Gasteiger partial charge is 0.306 e. The number of benzene rings is 1. The predicted molar refractivity (Wildman–Crippen MR) is 68.0 cm³/mol. The van der Waals surface area contributed by atoms with E-state index in [0.29, 0.717) is 18.4 Å². The monoisotopic (exact) mass is 255 g/mol. The summed E-state index contributed by atoms with van der Waals surface area (Å²) in [6.45, 7) is 0.225. The van der Waals surface area contributed by atoms with Crippen LogP contribution in [0.5, 0.6) is 0 Å². The van der Waals surface area contributed by atoms with Crippen LogP contribution < -0.4 is 0 Å². The topological polar surface area (TPSA) is 63.2 Å². The summed E-state index contributed by atoms with van der Waals surface area (Å²) in [6, 6.07) is 12.6. The first-order valence-electron chi connectivity index (χ1n) is 5.95. The zero-order chi connectivity index (χ0) is 13.5. The maximum Gasteiger partial charge on any atom is 0.306 e. The van der Waals surface area contributed by atoms with Crippen LogP contribution in [-0.2, 0) is 22.6 Å². The first-order chi connectivity index (χ1) is 9.28. The minimum atomic E-state index is -0.263. The minimum absolute atomic E-state index is 0.225. The predicted octanol–water partition coefficient (Wildman–Crippen LogP) is 2.83. The summed E-state index contributed by atoms with van der Waals surface area (Å²) in [7, 11) is 0. The van der Waals surface area contributed by atoms with Gasteiger partial charge in [0.25, 0.3) is 0 Å². The summed E-state index contributed by atoms with van der Waals surface area (Å²) < 4.78 is 10.3. The molecule has 0 aliphatic carbocycles. The van der Waals surface area contributed by atoms with Crippen molar-refractivity contribution in [3.05, 3.63) is 59.5 Å². The van der Waals surface area contributed by atoms with Gasteiger partial charge >= 0.3 is 5.97 Å². The van der Waals surface area contributed by atoms with Gasteiger partial charge in [-0.1, -0.05) is 12.1 Å². The summed E-state index contributed by atoms with van der Waals surface area (Å²) >= 11 is 0. The molecular formula is C15H13NO3. The molecule has 2 aromatic rings. The van der Waals surface area contributed by atoms with Gasteiger partial charge in [0.15, 0.2) is 0 Å². The van der Waals surface area contributed by atoms with Gasteiger partial charge in [-0.15, -0.1) is 0 Å². The third-order valence-corrected chi connectivity index (χ3v) is 2.64. The molecule has 0 aliphatic heterocycles. The number of furan rings is 1. The summed E-state index contributed by atoms with van der Waals surface area (Å²) in [5.41, 5.74) is 1.46. The average molecular weight is 255 g/mol. The molecule has 0 saturated heterocycles. The van der Waals surface area contributed by atoms with Crippen LogP contribution in [0.25, 0.3) is 0 Å². The summed E-state index contributed by atoms with van der Waals surface area (Å²) in [5.74, 6) is 0.510. The highest BCUT2D eigenvalue weighted by molar-refractivity contribution is 5.69. The van der Waals surface area contributed by atoms with Crippen LogP contribution in [0.4, 0.5) is 0 Å². The lowest BCUT2D eigenvalue weighted by atomic mass is 10.1. The van der Waals surface area contributed by atoms with Gasteiger partial charge in [0.05, 0.1) is 24.3 Å². The van der Waals surface area contributed by atoms with Crippen LogP contribution >= 0.6 is 0 Å². The number of aryl methyl sites for hydroxylation is 1. The van der Waals surface area contributed by atoms with Crippen LogP contribution in [0, 0.1) is 11.3 Å². The second-order valence-electron chi connectivity index (χ2n) is 4.05. The molecule has 0 atom stereocenters. The van der Waals surface area contributed by atoms with E-state index in [1.807, 2.05) is 12.1 Å². The van der Waals surface area contributed by atoms with Gasteiger partial charge in [-0.2, -0.15) is 5.26 Å². The molecule has 1 aromatic heterocycles. The molecule has 0 saturated carbocycles. The van der Waals surface area contributed by atoms with E-state index < -0.39 is 0 Å². The molecule has 0 N–H and O–H groups in total. The average Bonchev–Trinajstić information content (AvgIpc) is 2.96. The second kappa shape index (κ2) is 6.41. The largest absolute Gasteiger partial charge is 0.469 e. The molecular weight excluding hydrogens is 242 g/mol. The van der Waals surface area contributed by atoms with Gasteiger partial charge in [-0.3, -0.25) is 4.79 Å². The van der Waals surface area contributed by atoms with Crippen molar-refractivity contribution in [3.8, 4) is 6.07 Å². The van der Waals surface area contributed by atoms with Gasteiger partial charge in [0.1, 0.15) is 12.4 Å². The van der Waals surface area contributed by atoms with Gasteiger partial charge in [0.2, 0.25) is 0 Å². The Kier molecular flexibility index (Phi) is 4.35. The fourth-order valence-electron chi connectivity index (χ4n) is 1.59. The molecule has 0 unspecified atom stereocenters. The summed E-state index contributed by atoms with van der Waals surface area (Å²) in [5, 5.41) is 8.66. The Morgan fingerprint density at radius 2 is 2.05 bits per heavy atom. The van der Waals surface area contributed by atoms with Crippen molar-refractivity contribution >= 4 is 5.97 Å². The molecule has 0 bridgehead atoms. The molecule has 0 spiro atoms. The maximum absolute atomic E-state index is 11.5. The Bertz CT molecular complexity index is 564. The normalized spacial score (nSPS) is 9.84. The standard InChI is InChI=1S/C15H13NO3/c16-10-12-3-5-13(6-4-12)11-19-15(17)8-7-14-2-1-9-18-14/h1-6,9H,7-8,11H2. The molecule has 0 radical (unpaired) electrons. The van der Waals surface area contributed by atoms with E-state index in [4.69, 9.17) is 14.4 Å². The van der Waals surface area contributed by atoms with Crippen molar-refractivity contribution in [3.63, 3.8) is 0 Å². The Labute approximate surface area is 111 Å². The highest BCUT2D eigenvalue weighted by Crippen LogP contribution is 2.07. The number of nitriles is 1. The minimum Gasteiger partial charge on any atom is -0.469 e. The summed E-state index contributed by atoms with van der Waals surface area (Å²) in [4.78, 5) is 11.5. The van der Waals surface area contributed by atoms with Crippen molar-refractivity contribution in [1.29, 1.82) is 5.26 Å². The maximum atomic E-state index is 11.5. The van der Waals surface area contributed by atoms with E-state index in [2.05, 4.69) is 0 Å². The van der Waals surface area contributed by atoms with Crippen molar-refractivity contribution in [1.82, 2.24) is 0 Å². The Morgan fingerprint density at radius 1 is 1.26 bits per heavy atom. The van der Waals surface area contributed by atoms with Gasteiger partial charge in [-0.25, -0.2) is 0 Å². The van der Waals surface area contributed by atoms with Gasteiger partial charge < -0.3 is 9.15 Å². The lowest BCUT2D eigenvalue weighted by Crippen LogP contribution is -2.05. The van der Waals surface area contributed by atoms with Crippen molar-refractivity contribution < 1.29 is 13.9 Å². The van der Waals surface area contributed by atoms with Crippen LogP contribution in [0.2, 0.25) is 0 Å². The van der Waals surface area contributed by atoms with E-state index in [-0.39, 0.29) is 12.6 Å². The molecule has 0 aliphatic rings. The van der Waals surface area contributed by atoms with E-state index in [1.165, 1.54) is 0 Å². The van der Waals surface area contributed by atoms with Gasteiger partial charge in [0, 0.05) is 6.42 Å². The molecule has 19 heavy (non-hydrogen) atoms. The van der Waals surface area contributed by atoms with E-state index >= 15 is 0 Å². The van der Waals surface area contributed by atoms with Crippen molar-refractivity contribution in [2.45, 2.75) is 19.4 Å². The Balaban J connectivity index is 1.75. The first kappa shape index (κ1) is 12.9. The van der Waals surface area contributed by atoms with Crippen LogP contribution in [0.1, 0.15) is 23.3 Å². The van der Waals surface area contributed by atoms with Crippen LogP contribution in [0.3, 0.4) is 0 Å². The fourth-order valence-corrected chi connectivity index (χ4v) is 1.59. The van der Waals surface area contributed by atoms with E-state index in [9.17, 15) is 4.79 Å². The molecule has 1 heterocycles. The summed E-state index contributed by atoms with van der Waals surface area (Å²) in [6.07, 6.45) is 2.42. The molecule has 4 nitrogen and oxygen atoms in total. The molecule has 2 rings (SSSR count). The molecule has 96 valence electrons. The third-order valence-electron chi connectivity index (χ3n) is 2.64. The molecule has 0 fully saturated rings. The number of rotatable bonds is 5. The van der Waals surface area contributed by atoms with Crippen LogP contribution in [0.15, 0.2) is 47.1 Å². The van der Waals surface area contributed by atoms with Gasteiger partial charge in [-0.05, 0) is 29.8 Å². The SMILES string of the molecule is N#Cc1ccc(COC(=O)CCc2ccco2)cc1. The number of carbonyl (C=O) groups excluding carboxylic acids is 1. The molecule has 0 amide bonds. The number of nitrogens with zero attached hydrogens (tertiary/aromatic N) is 1. The lowest BCUT2D eigenvalue weighted by Gasteiger charge is -2.04. The van der Waals surface area contributed by atoms with Crippen molar-refractivity contribution in [2.75, 3.05) is 0 Å². The molecule has 4 heteroatoms. The highest BCUT2D eigenvalue weighted by Gasteiger charge is 2.05. The van der Waals surface area contributed by atoms with Crippen LogP contribution in [-0.4, -0.2) is 5.97 Å². The third kappa shape index (κ3) is 4.00. The number of ether oxygens (including phenoxy) is 1. The quantitative estimate of drug-likeness (QED) is 0.771. The zero-order valence-corrected chi connectivity index (χ0v) is 10.3.